The van der Waals surface area contributed by atoms with E-state index in [1.54, 1.807) is 24.3 Å². The zero-order valence-electron chi connectivity index (χ0n) is 16.0. The molecule has 2 amide bonds. The van der Waals surface area contributed by atoms with Crippen LogP contribution in [0.1, 0.15) is 37.7 Å². The lowest BCUT2D eigenvalue weighted by Gasteiger charge is -2.21. The van der Waals surface area contributed by atoms with Crippen LogP contribution in [0, 0.1) is 0 Å². The van der Waals surface area contributed by atoms with Crippen LogP contribution in [-0.2, 0) is 25.7 Å². The van der Waals surface area contributed by atoms with Crippen LogP contribution in [0.3, 0.4) is 0 Å². The van der Waals surface area contributed by atoms with Crippen LogP contribution < -0.4 is 16.4 Å². The van der Waals surface area contributed by atoms with E-state index in [1.807, 2.05) is 6.07 Å². The second kappa shape index (κ2) is 13.1. The molecular weight excluding hydrogens is 382 g/mol. The summed E-state index contributed by atoms with van der Waals surface area (Å²) < 4.78 is 5.04. The van der Waals surface area contributed by atoms with E-state index in [0.717, 1.165) is 5.56 Å². The molecule has 0 aliphatic rings. The van der Waals surface area contributed by atoms with E-state index in [4.69, 9.17) is 15.6 Å². The lowest BCUT2D eigenvalue weighted by Crippen LogP contribution is -2.51. The number of carbonyl (C=O) groups is 4. The Morgan fingerprint density at radius 1 is 0.966 bits per heavy atom. The highest BCUT2D eigenvalue weighted by Crippen LogP contribution is 2.06. The molecule has 1 aromatic rings. The molecule has 0 fully saturated rings. The van der Waals surface area contributed by atoms with Crippen LogP contribution in [0.5, 0.6) is 0 Å². The topological polar surface area (TPSA) is 168 Å². The Bertz CT molecular complexity index is 682. The summed E-state index contributed by atoms with van der Waals surface area (Å²) in [5, 5.41) is 22.8. The molecule has 0 spiro atoms. The van der Waals surface area contributed by atoms with Crippen LogP contribution in [0.2, 0.25) is 0 Å². The summed E-state index contributed by atoms with van der Waals surface area (Å²) in [6.45, 7) is 0.368. The zero-order valence-corrected chi connectivity index (χ0v) is 16.0. The number of unbranched alkanes of at least 4 members (excludes halogenated alkanes) is 1. The molecule has 1 aromatic carbocycles. The Morgan fingerprint density at radius 3 is 2.24 bits per heavy atom. The predicted molar refractivity (Wildman–Crippen MR) is 103 cm³/mol. The molecular formula is C19H27N3O7. The zero-order chi connectivity index (χ0) is 21.6. The molecule has 10 heteroatoms. The van der Waals surface area contributed by atoms with Gasteiger partial charge in [-0.3, -0.25) is 9.59 Å². The summed E-state index contributed by atoms with van der Waals surface area (Å²) in [4.78, 5) is 46.7. The quantitative estimate of drug-likeness (QED) is 0.299. The van der Waals surface area contributed by atoms with E-state index in [-0.39, 0.29) is 25.9 Å². The fourth-order valence-electron chi connectivity index (χ4n) is 2.47. The summed E-state index contributed by atoms with van der Waals surface area (Å²) >= 11 is 0. The first-order valence-electron chi connectivity index (χ1n) is 9.25. The largest absolute Gasteiger partial charge is 0.481 e. The maximum absolute atomic E-state index is 12.5. The third-order valence-electron chi connectivity index (χ3n) is 4.03. The second-order valence-corrected chi connectivity index (χ2v) is 6.37. The molecule has 160 valence electrons. The number of hydrogen-bond acceptors (Lipinski definition) is 6. The minimum atomic E-state index is -1.24. The minimum absolute atomic E-state index is 0.0310. The number of hydrogen-bond donors (Lipinski definition) is 5. The first-order chi connectivity index (χ1) is 13.8. The number of carboxylic acids is 2. The first-order valence-corrected chi connectivity index (χ1v) is 9.25. The van der Waals surface area contributed by atoms with Crippen molar-refractivity contribution in [2.24, 2.45) is 5.73 Å². The van der Waals surface area contributed by atoms with Gasteiger partial charge in [0.05, 0.1) is 0 Å². The van der Waals surface area contributed by atoms with Crippen LogP contribution in [0.4, 0.5) is 4.79 Å². The third kappa shape index (κ3) is 10.1. The molecule has 0 saturated heterocycles. The van der Waals surface area contributed by atoms with Crippen LogP contribution in [0.25, 0.3) is 0 Å². The Hall–Kier alpha value is -3.14. The highest BCUT2D eigenvalue weighted by Gasteiger charge is 2.27. The van der Waals surface area contributed by atoms with Gasteiger partial charge in [0, 0.05) is 6.42 Å². The standard InChI is InChI=1S/C19H27N3O7/c20-11-5-4-8-15(18(26)27)21-17(25)14(9-10-16(23)24)22-19(28)29-12-13-6-2-1-3-7-13/h1-3,6-7,14-15H,4-5,8-12,20H2,(H,21,25)(H,22,28)(H,23,24)(H,26,27)/t14-,15-/m0/s1. The van der Waals surface area contributed by atoms with Gasteiger partial charge in [-0.15, -0.1) is 0 Å². The van der Waals surface area contributed by atoms with E-state index >= 15 is 0 Å². The summed E-state index contributed by atoms with van der Waals surface area (Å²) in [6.07, 6.45) is -0.234. The molecule has 0 aliphatic carbocycles. The maximum Gasteiger partial charge on any atom is 0.408 e. The summed E-state index contributed by atoms with van der Waals surface area (Å²) in [5.41, 5.74) is 6.12. The van der Waals surface area contributed by atoms with E-state index in [2.05, 4.69) is 10.6 Å². The van der Waals surface area contributed by atoms with Gasteiger partial charge in [-0.25, -0.2) is 9.59 Å². The number of amides is 2. The lowest BCUT2D eigenvalue weighted by atomic mass is 10.1. The van der Waals surface area contributed by atoms with Crippen molar-refractivity contribution in [3.05, 3.63) is 35.9 Å². The van der Waals surface area contributed by atoms with Crippen LogP contribution in [-0.4, -0.2) is 52.8 Å². The number of alkyl carbamates (subject to hydrolysis) is 1. The highest BCUT2D eigenvalue weighted by atomic mass is 16.5. The third-order valence-corrected chi connectivity index (χ3v) is 4.03. The molecule has 0 heterocycles. The molecule has 0 aromatic heterocycles. The first kappa shape index (κ1) is 23.9. The van der Waals surface area contributed by atoms with Crippen LogP contribution in [0.15, 0.2) is 30.3 Å². The van der Waals surface area contributed by atoms with Gasteiger partial charge in [0.2, 0.25) is 5.91 Å². The van der Waals surface area contributed by atoms with Gasteiger partial charge in [-0.05, 0) is 37.8 Å². The maximum atomic E-state index is 12.5. The van der Waals surface area contributed by atoms with Gasteiger partial charge in [0.1, 0.15) is 18.7 Å². The van der Waals surface area contributed by atoms with Gasteiger partial charge in [0.25, 0.3) is 0 Å². The normalized spacial score (nSPS) is 12.4. The Balaban J connectivity index is 2.68. The number of ether oxygens (including phenoxy) is 1. The summed E-state index contributed by atoms with van der Waals surface area (Å²) in [7, 11) is 0. The smallest absolute Gasteiger partial charge is 0.408 e. The van der Waals surface area contributed by atoms with E-state index in [9.17, 15) is 24.3 Å². The average Bonchev–Trinajstić information content (AvgIpc) is 2.69. The van der Waals surface area contributed by atoms with Crippen LogP contribution >= 0.6 is 0 Å². The van der Waals surface area contributed by atoms with Gasteiger partial charge in [-0.2, -0.15) is 0 Å². The molecule has 29 heavy (non-hydrogen) atoms. The molecule has 0 bridgehead atoms. The van der Waals surface area contributed by atoms with E-state index in [0.29, 0.717) is 19.4 Å². The minimum Gasteiger partial charge on any atom is -0.481 e. The molecule has 0 unspecified atom stereocenters. The number of nitrogens with two attached hydrogens (primary N) is 1. The van der Waals surface area contributed by atoms with Crippen molar-refractivity contribution >= 4 is 23.9 Å². The SMILES string of the molecule is NCCCC[C@H](NC(=O)[C@H](CCC(=O)O)NC(=O)OCc1ccccc1)C(=O)O. The second-order valence-electron chi connectivity index (χ2n) is 6.37. The van der Waals surface area contributed by atoms with E-state index in [1.165, 1.54) is 0 Å². The van der Waals surface area contributed by atoms with Crippen molar-refractivity contribution in [3.8, 4) is 0 Å². The lowest BCUT2D eigenvalue weighted by molar-refractivity contribution is -0.142. The fourth-order valence-corrected chi connectivity index (χ4v) is 2.47. The molecule has 1 rings (SSSR count). The van der Waals surface area contributed by atoms with Gasteiger partial charge >= 0.3 is 18.0 Å². The van der Waals surface area contributed by atoms with Crippen molar-refractivity contribution in [2.45, 2.75) is 50.8 Å². The number of carboxylic acid groups (broad SMARTS) is 2. The Labute approximate surface area is 168 Å². The van der Waals surface area contributed by atoms with Gasteiger partial charge < -0.3 is 31.3 Å². The molecule has 0 radical (unpaired) electrons. The number of nitrogens with one attached hydrogen (secondary N) is 2. The molecule has 6 N–H and O–H groups in total. The molecule has 0 aliphatic heterocycles. The molecule has 2 atom stereocenters. The number of benzene rings is 1. The van der Waals surface area contributed by atoms with Crippen molar-refractivity contribution in [3.63, 3.8) is 0 Å². The number of rotatable bonds is 13. The van der Waals surface area contributed by atoms with Crippen molar-refractivity contribution in [2.75, 3.05) is 6.54 Å². The number of carbonyl (C=O) groups excluding carboxylic acids is 2. The monoisotopic (exact) mass is 409 g/mol. The number of aliphatic carboxylic acids is 2. The Morgan fingerprint density at radius 2 is 1.66 bits per heavy atom. The van der Waals surface area contributed by atoms with Gasteiger partial charge in [0.15, 0.2) is 0 Å². The Kier molecular flexibility index (Phi) is 10.8. The predicted octanol–water partition coefficient (Wildman–Crippen LogP) is 0.845. The van der Waals surface area contributed by atoms with Crippen molar-refractivity contribution < 1.29 is 34.1 Å². The molecule has 0 saturated carbocycles. The van der Waals surface area contributed by atoms with Crippen molar-refractivity contribution in [1.29, 1.82) is 0 Å². The highest BCUT2D eigenvalue weighted by molar-refractivity contribution is 5.89. The van der Waals surface area contributed by atoms with E-state index < -0.39 is 36.0 Å². The molecule has 10 nitrogen and oxygen atoms in total. The summed E-state index contributed by atoms with van der Waals surface area (Å²) in [5.74, 6) is -3.16. The summed E-state index contributed by atoms with van der Waals surface area (Å²) in [6, 6.07) is 6.45. The average molecular weight is 409 g/mol. The fraction of sp³-hybridized carbons (Fsp3) is 0.474. The van der Waals surface area contributed by atoms with Crippen molar-refractivity contribution in [1.82, 2.24) is 10.6 Å². The van der Waals surface area contributed by atoms with Gasteiger partial charge in [-0.1, -0.05) is 30.3 Å².